The molecule has 0 aromatic heterocycles. The Morgan fingerprint density at radius 3 is 2.35 bits per heavy atom. The molecule has 2 bridgehead atoms. The van der Waals surface area contributed by atoms with Crippen LogP contribution in [0.15, 0.2) is 47.1 Å². The summed E-state index contributed by atoms with van der Waals surface area (Å²) in [6, 6.07) is 0. The first-order valence-corrected chi connectivity index (χ1v) is 23.2. The van der Waals surface area contributed by atoms with Gasteiger partial charge < -0.3 is 62.7 Å². The van der Waals surface area contributed by atoms with Crippen molar-refractivity contribution >= 4 is 5.97 Å². The van der Waals surface area contributed by atoms with Crippen molar-refractivity contribution in [1.29, 1.82) is 0 Å². The molecule has 3 N–H and O–H groups in total. The Morgan fingerprint density at radius 2 is 1.63 bits per heavy atom. The highest BCUT2D eigenvalue weighted by Crippen LogP contribution is 2.48. The number of aliphatic hydroxyl groups excluding tert-OH is 2. The molecular formula is C48H74O14. The zero-order chi connectivity index (χ0) is 44.7. The van der Waals surface area contributed by atoms with Gasteiger partial charge in [0.2, 0.25) is 0 Å². The lowest BCUT2D eigenvalue weighted by atomic mass is 9.71. The Labute approximate surface area is 368 Å². The zero-order valence-electron chi connectivity index (χ0n) is 38.5. The Kier molecular flexibility index (Phi) is 15.3. The molecule has 1 spiro atoms. The summed E-state index contributed by atoms with van der Waals surface area (Å²) >= 11 is 0. The first-order chi connectivity index (χ1) is 29.5. The van der Waals surface area contributed by atoms with Crippen molar-refractivity contribution in [3.05, 3.63) is 47.1 Å². The quantitative estimate of drug-likeness (QED) is 0.204. The van der Waals surface area contributed by atoms with Crippen LogP contribution in [0.5, 0.6) is 0 Å². The summed E-state index contributed by atoms with van der Waals surface area (Å²) in [5.41, 5.74) is 0.188. The van der Waals surface area contributed by atoms with Gasteiger partial charge >= 0.3 is 5.97 Å². The fourth-order valence-corrected chi connectivity index (χ4v) is 11.0. The van der Waals surface area contributed by atoms with Crippen LogP contribution in [0.2, 0.25) is 0 Å². The molecule has 0 amide bonds. The summed E-state index contributed by atoms with van der Waals surface area (Å²) in [4.78, 5) is 14.4. The van der Waals surface area contributed by atoms with Crippen molar-refractivity contribution in [3.8, 4) is 0 Å². The van der Waals surface area contributed by atoms with Crippen molar-refractivity contribution in [2.45, 2.75) is 204 Å². The van der Waals surface area contributed by atoms with Gasteiger partial charge in [-0.15, -0.1) is 0 Å². The van der Waals surface area contributed by atoms with Gasteiger partial charge in [-0.25, -0.2) is 0 Å². The zero-order valence-corrected chi connectivity index (χ0v) is 38.5. The molecule has 62 heavy (non-hydrogen) atoms. The van der Waals surface area contributed by atoms with E-state index in [0.717, 1.165) is 18.4 Å². The van der Waals surface area contributed by atoms with Crippen LogP contribution in [0, 0.1) is 23.7 Å². The highest BCUT2D eigenvalue weighted by molar-refractivity contribution is 5.78. The molecule has 350 valence electrons. The molecule has 1 aliphatic carbocycles. The molecule has 7 rings (SSSR count). The maximum Gasteiger partial charge on any atom is 0.316 e. The third-order valence-corrected chi connectivity index (χ3v) is 14.9. The number of hydrogen-bond donors (Lipinski definition) is 3. The summed E-state index contributed by atoms with van der Waals surface area (Å²) in [6.45, 7) is 16.3. The minimum absolute atomic E-state index is 0.00708. The summed E-state index contributed by atoms with van der Waals surface area (Å²) in [7, 11) is 3.23. The van der Waals surface area contributed by atoms with E-state index in [1.165, 1.54) is 0 Å². The summed E-state index contributed by atoms with van der Waals surface area (Å²) in [6.07, 6.45) is 6.53. The normalized spacial score (nSPS) is 47.2. The van der Waals surface area contributed by atoms with E-state index in [4.69, 9.17) is 47.4 Å². The van der Waals surface area contributed by atoms with Gasteiger partial charge in [0.1, 0.15) is 42.0 Å². The molecule has 0 saturated carbocycles. The van der Waals surface area contributed by atoms with Gasteiger partial charge in [-0.3, -0.25) is 4.79 Å². The Hall–Kier alpha value is -2.05. The number of aliphatic hydroxyl groups is 3. The molecule has 20 atom stereocenters. The van der Waals surface area contributed by atoms with Gasteiger partial charge in [-0.2, -0.15) is 0 Å². The number of carbonyl (C=O) groups is 1. The largest absolute Gasteiger partial charge is 0.462 e. The monoisotopic (exact) mass is 875 g/mol. The lowest BCUT2D eigenvalue weighted by Crippen LogP contribution is -2.58. The molecule has 14 heteroatoms. The number of ether oxygens (including phenoxy) is 10. The Bertz CT molecular complexity index is 1680. The second-order valence-electron chi connectivity index (χ2n) is 19.4. The van der Waals surface area contributed by atoms with E-state index in [1.807, 2.05) is 19.1 Å². The predicted octanol–water partition coefficient (Wildman–Crippen LogP) is 5.60. The summed E-state index contributed by atoms with van der Waals surface area (Å²) in [5, 5.41) is 34.2. The highest BCUT2D eigenvalue weighted by Gasteiger charge is 2.60. The van der Waals surface area contributed by atoms with E-state index in [1.54, 1.807) is 40.2 Å². The second kappa shape index (κ2) is 19.8. The molecule has 14 nitrogen and oxygen atoms in total. The van der Waals surface area contributed by atoms with Gasteiger partial charge in [0.15, 0.2) is 18.4 Å². The van der Waals surface area contributed by atoms with E-state index >= 15 is 0 Å². The Morgan fingerprint density at radius 1 is 0.919 bits per heavy atom. The lowest BCUT2D eigenvalue weighted by molar-refractivity contribution is -0.340. The van der Waals surface area contributed by atoms with Crippen molar-refractivity contribution in [2.75, 3.05) is 20.8 Å². The van der Waals surface area contributed by atoms with Crippen LogP contribution < -0.4 is 0 Å². The predicted molar refractivity (Wildman–Crippen MR) is 227 cm³/mol. The molecule has 5 saturated heterocycles. The van der Waals surface area contributed by atoms with Crippen LogP contribution in [0.25, 0.3) is 0 Å². The number of methoxy groups -OCH3 is 2. The SMILES string of the molecule is CC[C@H](C)[C@H]1O[C@]2(CC[C@@H]1C)C[C@@H]1C[C@@H](CC=C(C)C(O[C@H]3C[C@H](OC)C(O[C@H]4C[C@H](OC)[C@@H](O)[C@H](C)O4)[C@H](C)O3)[C@@H](C)C=CC=C3CO[C@@H]4[C@H](O)C(C)=CC(C(=O)O1)[C@]34O)O2. The van der Waals surface area contributed by atoms with E-state index < -0.39 is 90.8 Å². The fourth-order valence-electron chi connectivity index (χ4n) is 11.0. The van der Waals surface area contributed by atoms with Gasteiger partial charge in [0, 0.05) is 52.2 Å². The van der Waals surface area contributed by atoms with E-state index in [-0.39, 0.29) is 30.8 Å². The maximum atomic E-state index is 14.4. The van der Waals surface area contributed by atoms with E-state index in [9.17, 15) is 20.1 Å². The van der Waals surface area contributed by atoms with Gasteiger partial charge in [0.25, 0.3) is 0 Å². The topological polar surface area (TPSA) is 170 Å². The number of allylic oxidation sites excluding steroid dienone is 2. The molecule has 5 fully saturated rings. The van der Waals surface area contributed by atoms with Crippen molar-refractivity contribution in [1.82, 2.24) is 0 Å². The number of esters is 1. The van der Waals surface area contributed by atoms with Crippen LogP contribution in [-0.4, -0.2) is 139 Å². The van der Waals surface area contributed by atoms with Crippen LogP contribution in [0.3, 0.4) is 0 Å². The second-order valence-corrected chi connectivity index (χ2v) is 19.4. The average Bonchev–Trinajstić information content (AvgIpc) is 3.58. The first-order valence-electron chi connectivity index (χ1n) is 23.2. The molecule has 6 heterocycles. The molecule has 7 aliphatic rings. The maximum absolute atomic E-state index is 14.4. The molecule has 0 radical (unpaired) electrons. The number of carbonyl (C=O) groups excluding carboxylic acids is 1. The summed E-state index contributed by atoms with van der Waals surface area (Å²) < 4.78 is 63.9. The number of rotatable bonds is 8. The Balaban J connectivity index is 1.18. The lowest BCUT2D eigenvalue weighted by Gasteiger charge is -2.51. The van der Waals surface area contributed by atoms with Crippen LogP contribution >= 0.6 is 0 Å². The molecule has 6 aliphatic heterocycles. The number of hydrogen-bond acceptors (Lipinski definition) is 14. The smallest absolute Gasteiger partial charge is 0.316 e. The van der Waals surface area contributed by atoms with E-state index in [2.05, 4.69) is 40.7 Å². The molecular weight excluding hydrogens is 801 g/mol. The average molecular weight is 875 g/mol. The number of fused-ring (bicyclic) bond motifs is 2. The molecule has 3 unspecified atom stereocenters. The molecule has 0 aromatic carbocycles. The standard InChI is InChI=1S/C48H74O14/c1-11-25(2)43-28(5)17-18-47(62-43)23-34-20-33(61-47)16-15-27(4)42(26(3)13-12-14-32-24-55-45-40(49)29(6)19-35(46(51)58-34)48(32,45)52)59-39-22-37(54-10)44(31(8)57-39)60-38-21-36(53-9)41(50)30(7)56-38/h12-15,19,25-26,28,30-31,33-45,49-50,52H,11,16-18,20-24H2,1-10H3/t25-,26-,28-,30-,31-,33+,34-,35?,36-,37-,38-,39-,40+,41-,42?,43+,44?,45+,47+,48+/m0/s1. The van der Waals surface area contributed by atoms with Gasteiger partial charge in [-0.1, -0.05) is 64.5 Å². The third kappa shape index (κ3) is 9.73. The minimum atomic E-state index is -1.82. The van der Waals surface area contributed by atoms with Gasteiger partial charge in [-0.05, 0) is 69.1 Å². The van der Waals surface area contributed by atoms with Gasteiger partial charge in [0.05, 0.1) is 49.3 Å². The van der Waals surface area contributed by atoms with Crippen LogP contribution in [0.4, 0.5) is 0 Å². The molecule has 0 aromatic rings. The van der Waals surface area contributed by atoms with Crippen molar-refractivity contribution in [3.63, 3.8) is 0 Å². The van der Waals surface area contributed by atoms with Crippen molar-refractivity contribution < 1.29 is 67.5 Å². The minimum Gasteiger partial charge on any atom is -0.462 e. The first kappa shape index (κ1) is 47.9. The highest BCUT2D eigenvalue weighted by atomic mass is 16.7. The van der Waals surface area contributed by atoms with Crippen LogP contribution in [0.1, 0.15) is 107 Å². The van der Waals surface area contributed by atoms with E-state index in [0.29, 0.717) is 61.5 Å². The fraction of sp³-hybridized carbons (Fsp3) is 0.812. The van der Waals surface area contributed by atoms with Crippen LogP contribution in [-0.2, 0) is 52.2 Å². The summed E-state index contributed by atoms with van der Waals surface area (Å²) in [5.74, 6) is -2.10. The third-order valence-electron chi connectivity index (χ3n) is 14.9. The van der Waals surface area contributed by atoms with Crippen molar-refractivity contribution in [2.24, 2.45) is 23.7 Å².